The number of H-pyrrole nitrogens is 1. The van der Waals surface area contributed by atoms with Crippen LogP contribution in [-0.4, -0.2) is 15.9 Å². The lowest BCUT2D eigenvalue weighted by Gasteiger charge is -2.09. The summed E-state index contributed by atoms with van der Waals surface area (Å²) in [6.45, 7) is 1.92. The second kappa shape index (κ2) is 7.06. The average molecular weight is 396 g/mol. The molecule has 2 N–H and O–H groups in total. The third kappa shape index (κ3) is 3.54. The van der Waals surface area contributed by atoms with E-state index < -0.39 is 0 Å². The smallest absolute Gasteiger partial charge is 0.257 e. The number of nitrogens with zero attached hydrogens (tertiary/aromatic N) is 1. The van der Waals surface area contributed by atoms with E-state index in [9.17, 15) is 4.79 Å². The van der Waals surface area contributed by atoms with Gasteiger partial charge in [0.2, 0.25) is 0 Å². The summed E-state index contributed by atoms with van der Waals surface area (Å²) in [5.41, 5.74) is 4.50. The van der Waals surface area contributed by atoms with Crippen LogP contribution in [0.2, 0.25) is 10.0 Å². The van der Waals surface area contributed by atoms with E-state index in [0.717, 1.165) is 16.6 Å². The predicted molar refractivity (Wildman–Crippen MR) is 111 cm³/mol. The van der Waals surface area contributed by atoms with Crippen molar-refractivity contribution in [2.75, 3.05) is 5.32 Å². The normalized spacial score (nSPS) is 10.9. The molecule has 0 spiro atoms. The molecule has 0 aliphatic carbocycles. The van der Waals surface area contributed by atoms with Gasteiger partial charge in [0.15, 0.2) is 0 Å². The average Bonchev–Trinajstić information content (AvgIpc) is 3.07. The molecule has 0 unspecified atom stereocenters. The number of carbonyl (C=O) groups is 1. The molecular weight excluding hydrogens is 381 g/mol. The number of aryl methyl sites for hydroxylation is 1. The number of imidazole rings is 1. The van der Waals surface area contributed by atoms with Crippen molar-refractivity contribution in [3.8, 4) is 11.4 Å². The van der Waals surface area contributed by atoms with Gasteiger partial charge in [-0.3, -0.25) is 4.79 Å². The first-order chi connectivity index (χ1) is 13.0. The number of rotatable bonds is 3. The Morgan fingerprint density at radius 2 is 1.81 bits per heavy atom. The van der Waals surface area contributed by atoms with E-state index in [-0.39, 0.29) is 5.91 Å². The SMILES string of the molecule is Cc1ccc(C(=O)Nc2ccc(Cl)c(-c3nc4ccccc4[nH]3)c2)c(Cl)c1. The van der Waals surface area contributed by atoms with Crippen molar-refractivity contribution in [1.82, 2.24) is 9.97 Å². The predicted octanol–water partition coefficient (Wildman–Crippen LogP) is 6.10. The van der Waals surface area contributed by atoms with Crippen molar-refractivity contribution in [3.05, 3.63) is 81.8 Å². The van der Waals surface area contributed by atoms with E-state index in [4.69, 9.17) is 23.2 Å². The zero-order valence-corrected chi connectivity index (χ0v) is 15.9. The van der Waals surface area contributed by atoms with Crippen LogP contribution < -0.4 is 5.32 Å². The minimum atomic E-state index is -0.280. The first-order valence-corrected chi connectivity index (χ1v) is 9.09. The highest BCUT2D eigenvalue weighted by Gasteiger charge is 2.14. The summed E-state index contributed by atoms with van der Waals surface area (Å²) in [6, 6.07) is 18.3. The number of halogens is 2. The van der Waals surface area contributed by atoms with E-state index in [1.54, 1.807) is 30.3 Å². The zero-order valence-electron chi connectivity index (χ0n) is 14.4. The van der Waals surface area contributed by atoms with Gasteiger partial charge in [-0.1, -0.05) is 41.4 Å². The number of amides is 1. The van der Waals surface area contributed by atoms with Gasteiger partial charge in [-0.15, -0.1) is 0 Å². The van der Waals surface area contributed by atoms with Crippen LogP contribution in [0.1, 0.15) is 15.9 Å². The van der Waals surface area contributed by atoms with Crippen molar-refractivity contribution in [3.63, 3.8) is 0 Å². The van der Waals surface area contributed by atoms with Gasteiger partial charge in [0.1, 0.15) is 5.82 Å². The fourth-order valence-corrected chi connectivity index (χ4v) is 3.40. The summed E-state index contributed by atoms with van der Waals surface area (Å²) < 4.78 is 0. The molecule has 134 valence electrons. The van der Waals surface area contributed by atoms with Gasteiger partial charge >= 0.3 is 0 Å². The molecule has 4 aromatic rings. The van der Waals surface area contributed by atoms with Gasteiger partial charge in [-0.05, 0) is 55.0 Å². The maximum Gasteiger partial charge on any atom is 0.257 e. The van der Waals surface area contributed by atoms with E-state index in [2.05, 4.69) is 15.3 Å². The topological polar surface area (TPSA) is 57.8 Å². The summed E-state index contributed by atoms with van der Waals surface area (Å²) >= 11 is 12.6. The van der Waals surface area contributed by atoms with E-state index in [1.807, 2.05) is 37.3 Å². The molecule has 0 aliphatic rings. The molecule has 0 aliphatic heterocycles. The molecule has 0 saturated heterocycles. The molecule has 0 fully saturated rings. The van der Waals surface area contributed by atoms with E-state index in [0.29, 0.717) is 32.7 Å². The molecule has 1 amide bonds. The molecule has 6 heteroatoms. The number of carbonyl (C=O) groups excluding carboxylic acids is 1. The number of aromatic nitrogens is 2. The Bertz CT molecular complexity index is 1130. The Morgan fingerprint density at radius 1 is 1.00 bits per heavy atom. The maximum absolute atomic E-state index is 12.6. The molecule has 1 aromatic heterocycles. The van der Waals surface area contributed by atoms with Crippen molar-refractivity contribution < 1.29 is 4.79 Å². The van der Waals surface area contributed by atoms with E-state index >= 15 is 0 Å². The summed E-state index contributed by atoms with van der Waals surface area (Å²) in [5, 5.41) is 3.82. The van der Waals surface area contributed by atoms with Crippen LogP contribution in [0.4, 0.5) is 5.69 Å². The Labute approximate surface area is 166 Å². The lowest BCUT2D eigenvalue weighted by atomic mass is 10.1. The highest BCUT2D eigenvalue weighted by Crippen LogP contribution is 2.30. The van der Waals surface area contributed by atoms with Crippen LogP contribution in [0.25, 0.3) is 22.4 Å². The summed E-state index contributed by atoms with van der Waals surface area (Å²) in [5.74, 6) is 0.364. The number of fused-ring (bicyclic) bond motifs is 1. The molecule has 0 saturated carbocycles. The number of benzene rings is 3. The fourth-order valence-electron chi connectivity index (χ4n) is 2.87. The van der Waals surface area contributed by atoms with Crippen LogP contribution in [0.5, 0.6) is 0 Å². The van der Waals surface area contributed by atoms with Crippen molar-refractivity contribution in [2.45, 2.75) is 6.92 Å². The summed E-state index contributed by atoms with van der Waals surface area (Å²) in [7, 11) is 0. The van der Waals surface area contributed by atoms with Crippen LogP contribution in [-0.2, 0) is 0 Å². The fraction of sp³-hybridized carbons (Fsp3) is 0.0476. The molecule has 0 bridgehead atoms. The minimum Gasteiger partial charge on any atom is -0.338 e. The van der Waals surface area contributed by atoms with Crippen LogP contribution in [0.3, 0.4) is 0 Å². The zero-order chi connectivity index (χ0) is 19.0. The molecule has 0 radical (unpaired) electrons. The second-order valence-electron chi connectivity index (χ2n) is 6.23. The van der Waals surface area contributed by atoms with Crippen molar-refractivity contribution in [2.24, 2.45) is 0 Å². The number of para-hydroxylation sites is 2. The van der Waals surface area contributed by atoms with Gasteiger partial charge < -0.3 is 10.3 Å². The molecule has 4 nitrogen and oxygen atoms in total. The van der Waals surface area contributed by atoms with Gasteiger partial charge in [0.05, 0.1) is 26.6 Å². The molecule has 0 atom stereocenters. The summed E-state index contributed by atoms with van der Waals surface area (Å²) in [4.78, 5) is 20.4. The van der Waals surface area contributed by atoms with Crippen LogP contribution >= 0.6 is 23.2 Å². The number of anilines is 1. The highest BCUT2D eigenvalue weighted by atomic mass is 35.5. The van der Waals surface area contributed by atoms with Gasteiger partial charge in [0, 0.05) is 11.3 Å². The number of aromatic amines is 1. The standard InChI is InChI=1S/C21H15Cl2N3O/c1-12-6-8-14(17(23)10-12)21(27)24-13-7-9-16(22)15(11-13)20-25-18-4-2-3-5-19(18)26-20/h2-11H,1H3,(H,24,27)(H,25,26). The third-order valence-corrected chi connectivity index (χ3v) is 4.88. The van der Waals surface area contributed by atoms with Crippen molar-refractivity contribution >= 4 is 45.8 Å². The van der Waals surface area contributed by atoms with Gasteiger partial charge in [0.25, 0.3) is 5.91 Å². The van der Waals surface area contributed by atoms with Crippen LogP contribution in [0, 0.1) is 6.92 Å². The Morgan fingerprint density at radius 3 is 2.59 bits per heavy atom. The number of nitrogens with one attached hydrogen (secondary N) is 2. The number of hydrogen-bond donors (Lipinski definition) is 2. The lowest BCUT2D eigenvalue weighted by molar-refractivity contribution is 0.102. The molecule has 3 aromatic carbocycles. The second-order valence-corrected chi connectivity index (χ2v) is 7.05. The Hall–Kier alpha value is -2.82. The van der Waals surface area contributed by atoms with Crippen molar-refractivity contribution in [1.29, 1.82) is 0 Å². The molecule has 1 heterocycles. The minimum absolute atomic E-state index is 0.280. The van der Waals surface area contributed by atoms with Crippen LogP contribution in [0.15, 0.2) is 60.7 Å². The molecule has 4 rings (SSSR count). The maximum atomic E-state index is 12.6. The molecular formula is C21H15Cl2N3O. The first-order valence-electron chi connectivity index (χ1n) is 8.33. The largest absolute Gasteiger partial charge is 0.338 e. The summed E-state index contributed by atoms with van der Waals surface area (Å²) in [6.07, 6.45) is 0. The first kappa shape index (κ1) is 17.6. The Kier molecular flexibility index (Phi) is 4.60. The quantitative estimate of drug-likeness (QED) is 0.440. The molecule has 27 heavy (non-hydrogen) atoms. The Balaban J connectivity index is 1.67. The van der Waals surface area contributed by atoms with Gasteiger partial charge in [-0.2, -0.15) is 0 Å². The lowest BCUT2D eigenvalue weighted by Crippen LogP contribution is -2.12. The van der Waals surface area contributed by atoms with Gasteiger partial charge in [-0.25, -0.2) is 4.98 Å². The number of hydrogen-bond acceptors (Lipinski definition) is 2. The monoisotopic (exact) mass is 395 g/mol. The highest BCUT2D eigenvalue weighted by molar-refractivity contribution is 6.35. The van der Waals surface area contributed by atoms with E-state index in [1.165, 1.54) is 0 Å². The third-order valence-electron chi connectivity index (χ3n) is 4.24.